The van der Waals surface area contributed by atoms with Crippen molar-refractivity contribution in [2.75, 3.05) is 6.54 Å². The lowest BCUT2D eigenvalue weighted by molar-refractivity contribution is -0.941. The summed E-state index contributed by atoms with van der Waals surface area (Å²) in [7, 11) is 0. The highest BCUT2D eigenvalue weighted by Crippen LogP contribution is 2.40. The summed E-state index contributed by atoms with van der Waals surface area (Å²) in [5, 5.41) is 10.6. The van der Waals surface area contributed by atoms with Crippen LogP contribution in [0, 0.1) is 0 Å². The summed E-state index contributed by atoms with van der Waals surface area (Å²) < 4.78 is 12.1. The highest BCUT2D eigenvalue weighted by atomic mass is 16.5. The Balaban J connectivity index is 1.47. The molecular formula is C26H28NO4+. The minimum absolute atomic E-state index is 0.148. The van der Waals surface area contributed by atoms with Crippen LogP contribution in [0.3, 0.4) is 0 Å². The van der Waals surface area contributed by atoms with Crippen molar-refractivity contribution in [2.24, 2.45) is 0 Å². The molecule has 3 atom stereocenters. The number of piperidine rings is 1. The Morgan fingerprint density at radius 1 is 1.16 bits per heavy atom. The summed E-state index contributed by atoms with van der Waals surface area (Å²) in [5.41, 5.74) is 3.12. The fourth-order valence-corrected chi connectivity index (χ4v) is 4.78. The molecule has 0 aliphatic carbocycles. The van der Waals surface area contributed by atoms with Crippen LogP contribution in [0.1, 0.15) is 54.6 Å². The third-order valence-electron chi connectivity index (χ3n) is 6.71. The number of nitrogens with one attached hydrogen (secondary N) is 1. The molecule has 5 rings (SSSR count). The Bertz CT molecular complexity index is 1100. The van der Waals surface area contributed by atoms with Gasteiger partial charge in [-0.15, -0.1) is 0 Å². The molecule has 1 fully saturated rings. The number of carbonyl (C=O) groups excluding carboxylic acids is 1. The average molecular weight is 419 g/mol. The van der Waals surface area contributed by atoms with Crippen LogP contribution in [-0.2, 0) is 6.54 Å². The number of quaternary nitrogens is 1. The van der Waals surface area contributed by atoms with Gasteiger partial charge >= 0.3 is 0 Å². The molecule has 5 heteroatoms. The summed E-state index contributed by atoms with van der Waals surface area (Å²) >= 11 is 0. The zero-order valence-electron chi connectivity index (χ0n) is 18.0. The molecule has 1 unspecified atom stereocenters. The third-order valence-corrected chi connectivity index (χ3v) is 6.71. The van der Waals surface area contributed by atoms with Crippen LogP contribution in [0.4, 0.5) is 0 Å². The Labute approximate surface area is 182 Å². The highest BCUT2D eigenvalue weighted by Gasteiger charge is 2.34. The second kappa shape index (κ2) is 7.89. The van der Waals surface area contributed by atoms with E-state index in [2.05, 4.69) is 6.92 Å². The molecule has 5 nitrogen and oxygen atoms in total. The van der Waals surface area contributed by atoms with Gasteiger partial charge in [0.05, 0.1) is 23.7 Å². The van der Waals surface area contributed by atoms with Crippen LogP contribution in [0.2, 0.25) is 0 Å². The van der Waals surface area contributed by atoms with Crippen LogP contribution in [0.5, 0.6) is 17.2 Å². The van der Waals surface area contributed by atoms with Crippen LogP contribution < -0.4 is 14.4 Å². The SMILES string of the molecule is C[C@@H]1CCCC[NH+]1Cc1c(O)ccc2c1OC(=CC1=Cc3ccccc3O[C@@H]1C)C2=O. The molecule has 2 N–H and O–H groups in total. The number of fused-ring (bicyclic) bond motifs is 2. The van der Waals surface area contributed by atoms with Crippen molar-refractivity contribution in [2.45, 2.75) is 51.8 Å². The van der Waals surface area contributed by atoms with Crippen LogP contribution >= 0.6 is 0 Å². The van der Waals surface area contributed by atoms with Gasteiger partial charge in [0, 0.05) is 5.56 Å². The highest BCUT2D eigenvalue weighted by molar-refractivity contribution is 6.13. The first-order valence-corrected chi connectivity index (χ1v) is 11.1. The fraction of sp³-hybridized carbons (Fsp3) is 0.346. The standard InChI is InChI=1S/C26H27NO4/c1-16-7-5-6-12-27(16)15-21-22(28)11-10-20-25(29)24(31-26(20)21)14-19-13-18-8-3-4-9-23(18)30-17(19)2/h3-4,8-11,13-14,16-17,28H,5-7,12,15H2,1-2H3/p+1/t16-,17-/m1/s1. The number of benzene rings is 2. The molecule has 2 aromatic carbocycles. The molecule has 31 heavy (non-hydrogen) atoms. The number of carbonyl (C=O) groups is 1. The molecule has 0 spiro atoms. The Hall–Kier alpha value is -3.05. The Kier molecular flexibility index (Phi) is 5.06. The number of rotatable bonds is 3. The topological polar surface area (TPSA) is 60.2 Å². The van der Waals surface area contributed by atoms with Gasteiger partial charge in [0.15, 0.2) is 11.5 Å². The molecule has 0 bridgehead atoms. The first-order valence-electron chi connectivity index (χ1n) is 11.1. The van der Waals surface area contributed by atoms with E-state index in [1.54, 1.807) is 18.2 Å². The number of hydrogen-bond acceptors (Lipinski definition) is 4. The van der Waals surface area contributed by atoms with E-state index < -0.39 is 0 Å². The van der Waals surface area contributed by atoms with E-state index in [9.17, 15) is 9.90 Å². The number of hydrogen-bond donors (Lipinski definition) is 2. The predicted molar refractivity (Wildman–Crippen MR) is 119 cm³/mol. The second-order valence-corrected chi connectivity index (χ2v) is 8.80. The van der Waals surface area contributed by atoms with E-state index in [0.29, 0.717) is 23.9 Å². The number of ketones is 1. The summed E-state index contributed by atoms with van der Waals surface area (Å²) in [4.78, 5) is 14.5. The van der Waals surface area contributed by atoms with E-state index in [0.717, 1.165) is 29.0 Å². The first kappa shape index (κ1) is 19.9. The van der Waals surface area contributed by atoms with Gasteiger partial charge in [0.1, 0.15) is 24.1 Å². The molecule has 3 aliphatic rings. The van der Waals surface area contributed by atoms with E-state index in [1.165, 1.54) is 24.2 Å². The van der Waals surface area contributed by atoms with Crippen LogP contribution in [-0.4, -0.2) is 29.6 Å². The van der Waals surface area contributed by atoms with Crippen molar-refractivity contribution in [3.63, 3.8) is 0 Å². The number of aromatic hydroxyl groups is 1. The molecule has 2 aromatic rings. The average Bonchev–Trinajstić information content (AvgIpc) is 3.07. The number of ether oxygens (including phenoxy) is 2. The van der Waals surface area contributed by atoms with Gasteiger partial charge in [-0.2, -0.15) is 0 Å². The number of phenols is 1. The molecule has 0 saturated carbocycles. The zero-order chi connectivity index (χ0) is 21.5. The molecular weight excluding hydrogens is 390 g/mol. The molecule has 0 amide bonds. The largest absolute Gasteiger partial charge is 0.507 e. The van der Waals surface area contributed by atoms with Crippen molar-refractivity contribution >= 4 is 11.9 Å². The quantitative estimate of drug-likeness (QED) is 0.747. The maximum absolute atomic E-state index is 13.1. The minimum Gasteiger partial charge on any atom is -0.507 e. The minimum atomic E-state index is -0.186. The molecule has 0 radical (unpaired) electrons. The summed E-state index contributed by atoms with van der Waals surface area (Å²) in [5.74, 6) is 1.67. The Morgan fingerprint density at radius 2 is 2.00 bits per heavy atom. The lowest BCUT2D eigenvalue weighted by atomic mass is 9.99. The number of Topliss-reactive ketones (excluding diaryl/α,β-unsaturated/α-hetero) is 1. The van der Waals surface area contributed by atoms with E-state index in [-0.39, 0.29) is 23.4 Å². The van der Waals surface area contributed by atoms with Crippen molar-refractivity contribution in [1.82, 2.24) is 0 Å². The zero-order valence-corrected chi connectivity index (χ0v) is 18.0. The van der Waals surface area contributed by atoms with Crippen molar-refractivity contribution < 1.29 is 24.3 Å². The van der Waals surface area contributed by atoms with Gasteiger partial charge in [0.25, 0.3) is 0 Å². The second-order valence-electron chi connectivity index (χ2n) is 8.80. The number of likely N-dealkylation sites (tertiary alicyclic amines) is 1. The third kappa shape index (κ3) is 3.63. The van der Waals surface area contributed by atoms with E-state index >= 15 is 0 Å². The molecule has 3 heterocycles. The summed E-state index contributed by atoms with van der Waals surface area (Å²) in [6, 6.07) is 11.7. The van der Waals surface area contributed by atoms with E-state index in [1.807, 2.05) is 37.3 Å². The van der Waals surface area contributed by atoms with Gasteiger partial charge in [-0.05, 0) is 69.0 Å². The van der Waals surface area contributed by atoms with Crippen LogP contribution in [0.25, 0.3) is 6.08 Å². The maximum atomic E-state index is 13.1. The number of phenolic OH excluding ortho intramolecular Hbond substituents is 1. The Morgan fingerprint density at radius 3 is 2.84 bits per heavy atom. The van der Waals surface area contributed by atoms with Crippen molar-refractivity contribution in [3.05, 3.63) is 70.5 Å². The normalized spacial score (nSPS) is 26.0. The monoisotopic (exact) mass is 418 g/mol. The van der Waals surface area contributed by atoms with E-state index in [4.69, 9.17) is 9.47 Å². The lowest BCUT2D eigenvalue weighted by Crippen LogP contribution is -3.14. The number of para-hydroxylation sites is 1. The molecule has 0 aromatic heterocycles. The molecule has 1 saturated heterocycles. The summed E-state index contributed by atoms with van der Waals surface area (Å²) in [6.07, 6.45) is 7.25. The van der Waals surface area contributed by atoms with Crippen molar-refractivity contribution in [3.8, 4) is 17.2 Å². The maximum Gasteiger partial charge on any atom is 0.231 e. The van der Waals surface area contributed by atoms with Crippen molar-refractivity contribution in [1.29, 1.82) is 0 Å². The molecule has 3 aliphatic heterocycles. The summed E-state index contributed by atoms with van der Waals surface area (Å²) in [6.45, 7) is 5.94. The fourth-order valence-electron chi connectivity index (χ4n) is 4.78. The lowest BCUT2D eigenvalue weighted by Gasteiger charge is -2.30. The molecule has 160 valence electrons. The first-order chi connectivity index (χ1) is 15.0. The predicted octanol–water partition coefficient (Wildman–Crippen LogP) is 3.67. The van der Waals surface area contributed by atoms with Gasteiger partial charge in [-0.25, -0.2) is 0 Å². The van der Waals surface area contributed by atoms with Gasteiger partial charge in [0.2, 0.25) is 5.78 Å². The van der Waals surface area contributed by atoms with Gasteiger partial charge < -0.3 is 19.5 Å². The van der Waals surface area contributed by atoms with Crippen LogP contribution in [0.15, 0.2) is 53.8 Å². The number of allylic oxidation sites excluding steroid dienone is 1. The van der Waals surface area contributed by atoms with Gasteiger partial charge in [-0.1, -0.05) is 18.2 Å². The van der Waals surface area contributed by atoms with Gasteiger partial charge in [-0.3, -0.25) is 4.79 Å². The smallest absolute Gasteiger partial charge is 0.231 e.